The van der Waals surface area contributed by atoms with Gasteiger partial charge in [0.1, 0.15) is 6.10 Å². The maximum atomic E-state index is 14.8. The maximum Gasteiger partial charge on any atom is 0.274 e. The van der Waals surface area contributed by atoms with Crippen molar-refractivity contribution in [3.8, 4) is 0 Å². The van der Waals surface area contributed by atoms with Gasteiger partial charge in [0, 0.05) is 25.4 Å². The molecule has 0 saturated heterocycles. The topological polar surface area (TPSA) is 115 Å². The van der Waals surface area contributed by atoms with Gasteiger partial charge in [-0.2, -0.15) is 8.42 Å². The van der Waals surface area contributed by atoms with Gasteiger partial charge >= 0.3 is 0 Å². The third-order valence-corrected chi connectivity index (χ3v) is 14.2. The molecule has 0 aromatic heterocycles. The van der Waals surface area contributed by atoms with Gasteiger partial charge in [0.25, 0.3) is 16.0 Å². The van der Waals surface area contributed by atoms with Crippen molar-refractivity contribution in [3.05, 3.63) is 0 Å². The lowest BCUT2D eigenvalue weighted by atomic mass is 9.43. The Labute approximate surface area is 257 Å². The summed E-state index contributed by atoms with van der Waals surface area (Å²) in [6, 6.07) is 0.132. The predicted molar refractivity (Wildman–Crippen MR) is 161 cm³/mol. The Morgan fingerprint density at radius 1 is 0.977 bits per heavy atom. The summed E-state index contributed by atoms with van der Waals surface area (Å²) in [7, 11) is -4.07. The Balaban J connectivity index is 1.24. The van der Waals surface area contributed by atoms with E-state index in [2.05, 4.69) is 13.8 Å². The number of alkyl halides is 2. The van der Waals surface area contributed by atoms with Crippen LogP contribution in [0.15, 0.2) is 0 Å². The quantitative estimate of drug-likeness (QED) is 0.266. The number of halogens is 2. The van der Waals surface area contributed by atoms with Crippen molar-refractivity contribution in [1.82, 2.24) is 4.90 Å². The summed E-state index contributed by atoms with van der Waals surface area (Å²) in [4.78, 5) is 15.4. The van der Waals surface area contributed by atoms with E-state index in [1.54, 1.807) is 0 Å². The van der Waals surface area contributed by atoms with Gasteiger partial charge in [0.2, 0.25) is 5.91 Å². The first kappa shape index (κ1) is 33.5. The summed E-state index contributed by atoms with van der Waals surface area (Å²) in [6.07, 6.45) is 8.38. The van der Waals surface area contributed by atoms with E-state index in [9.17, 15) is 36.8 Å². The normalized spacial score (nSPS) is 42.0. The van der Waals surface area contributed by atoms with Crippen LogP contribution in [0.3, 0.4) is 0 Å². The van der Waals surface area contributed by atoms with Crippen LogP contribution in [-0.4, -0.2) is 70.5 Å². The number of aliphatic hydroxyl groups excluding tert-OH is 2. The molecule has 0 spiro atoms. The molecule has 10 atom stereocenters. The molecule has 5 aliphatic rings. The molecule has 4 unspecified atom stereocenters. The van der Waals surface area contributed by atoms with Crippen LogP contribution in [0, 0.1) is 46.3 Å². The lowest BCUT2D eigenvalue weighted by Crippen LogP contribution is -2.62. The molecule has 248 valence electrons. The first-order valence-corrected chi connectivity index (χ1v) is 18.7. The molecule has 3 N–H and O–H groups in total. The van der Waals surface area contributed by atoms with E-state index in [-0.39, 0.29) is 66.1 Å². The average Bonchev–Trinajstić information content (AvgIpc) is 3.28. The van der Waals surface area contributed by atoms with Crippen LogP contribution in [0.4, 0.5) is 8.78 Å². The highest BCUT2D eigenvalue weighted by Crippen LogP contribution is 2.69. The van der Waals surface area contributed by atoms with Crippen molar-refractivity contribution >= 4 is 16.0 Å². The first-order valence-electron chi connectivity index (χ1n) is 17.1. The van der Waals surface area contributed by atoms with Gasteiger partial charge in [-0.05, 0) is 111 Å². The Morgan fingerprint density at radius 3 is 2.33 bits per heavy atom. The molecule has 10 heteroatoms. The van der Waals surface area contributed by atoms with Crippen LogP contribution in [0.1, 0.15) is 117 Å². The van der Waals surface area contributed by atoms with E-state index in [0.717, 1.165) is 64.2 Å². The molecule has 43 heavy (non-hydrogen) atoms. The number of rotatable bonds is 9. The van der Waals surface area contributed by atoms with Gasteiger partial charge in [-0.3, -0.25) is 9.35 Å². The SMILES string of the molecule is C[C@H](CCC(=O)N(CCCS(=O)(=O)O)C1CCCCC1)[C@H]1CCC2C3C(O)C[C@@H]4C[C@@H](O)C(F)(F)C[C@]4(C)C3CC[C@@]21C. The van der Waals surface area contributed by atoms with Crippen LogP contribution in [0.5, 0.6) is 0 Å². The number of hydrogen-bond acceptors (Lipinski definition) is 5. The number of amides is 1. The largest absolute Gasteiger partial charge is 0.393 e. The Bertz CT molecular complexity index is 1110. The van der Waals surface area contributed by atoms with Crippen LogP contribution in [0.25, 0.3) is 0 Å². The Kier molecular flexibility index (Phi) is 9.67. The minimum Gasteiger partial charge on any atom is -0.393 e. The summed E-state index contributed by atoms with van der Waals surface area (Å²) in [5.41, 5.74) is -0.592. The molecular formula is C33H55F2NO6S. The number of fused-ring (bicyclic) bond motifs is 5. The molecule has 0 aliphatic heterocycles. The van der Waals surface area contributed by atoms with Crippen LogP contribution >= 0.6 is 0 Å². The van der Waals surface area contributed by atoms with Crippen molar-refractivity contribution in [2.75, 3.05) is 12.3 Å². The third kappa shape index (κ3) is 6.55. The van der Waals surface area contributed by atoms with Crippen molar-refractivity contribution in [1.29, 1.82) is 0 Å². The smallest absolute Gasteiger partial charge is 0.274 e. The molecule has 0 heterocycles. The third-order valence-electron chi connectivity index (χ3n) is 13.4. The number of carbonyl (C=O) groups is 1. The van der Waals surface area contributed by atoms with Gasteiger partial charge < -0.3 is 15.1 Å². The lowest BCUT2D eigenvalue weighted by molar-refractivity contribution is -0.236. The molecule has 0 radical (unpaired) electrons. The minimum atomic E-state index is -4.07. The standard InChI is InChI=1S/C33H55F2NO6S/c1-21(10-13-29(39)36(16-7-17-43(40,41)42)23-8-5-4-6-9-23)24-11-12-25-30-26(14-15-31(24,25)2)32(3)20-33(34,35)28(38)19-22(32)18-27(30)37/h21-28,30,37-38H,4-20H2,1-3H3,(H,40,41,42)/t21-,22-,24-,25?,26?,27?,28-,30?,31-,32+/m1/s1. The summed E-state index contributed by atoms with van der Waals surface area (Å²) in [5.74, 6) is -2.48. The predicted octanol–water partition coefficient (Wildman–Crippen LogP) is 6.08. The number of hydrogen-bond donors (Lipinski definition) is 3. The molecule has 7 nitrogen and oxygen atoms in total. The van der Waals surface area contributed by atoms with Gasteiger partial charge in [-0.1, -0.05) is 40.0 Å². The monoisotopic (exact) mass is 631 g/mol. The number of aliphatic hydroxyl groups is 2. The second kappa shape index (κ2) is 12.4. The second-order valence-electron chi connectivity index (χ2n) is 15.7. The molecule has 1 amide bonds. The lowest BCUT2D eigenvalue weighted by Gasteiger charge is -2.63. The highest BCUT2D eigenvalue weighted by molar-refractivity contribution is 7.85. The molecular weight excluding hydrogens is 576 g/mol. The summed E-state index contributed by atoms with van der Waals surface area (Å²) in [6.45, 7) is 6.92. The van der Waals surface area contributed by atoms with E-state index in [0.29, 0.717) is 31.2 Å². The fourth-order valence-electron chi connectivity index (χ4n) is 11.2. The van der Waals surface area contributed by atoms with Gasteiger partial charge in [0.05, 0.1) is 11.9 Å². The zero-order valence-electron chi connectivity index (χ0n) is 26.4. The van der Waals surface area contributed by atoms with E-state index >= 15 is 0 Å². The second-order valence-corrected chi connectivity index (χ2v) is 17.3. The fraction of sp³-hybridized carbons (Fsp3) is 0.970. The molecule has 5 fully saturated rings. The molecule has 0 aromatic rings. The van der Waals surface area contributed by atoms with Crippen LogP contribution in [0.2, 0.25) is 0 Å². The van der Waals surface area contributed by atoms with Gasteiger partial charge in [-0.15, -0.1) is 0 Å². The molecule has 0 aromatic carbocycles. The Morgan fingerprint density at radius 2 is 1.65 bits per heavy atom. The fourth-order valence-corrected chi connectivity index (χ4v) is 11.7. The van der Waals surface area contributed by atoms with Crippen molar-refractivity contribution in [2.24, 2.45) is 46.3 Å². The number of nitrogens with zero attached hydrogens (tertiary/aromatic N) is 1. The van der Waals surface area contributed by atoms with Crippen molar-refractivity contribution < 1.29 is 36.8 Å². The average molecular weight is 632 g/mol. The van der Waals surface area contributed by atoms with Crippen LogP contribution in [-0.2, 0) is 14.9 Å². The highest BCUT2D eigenvalue weighted by atomic mass is 32.2. The molecule has 5 saturated carbocycles. The highest BCUT2D eigenvalue weighted by Gasteiger charge is 2.66. The summed E-state index contributed by atoms with van der Waals surface area (Å²) in [5, 5.41) is 21.6. The zero-order chi connectivity index (χ0) is 31.4. The summed E-state index contributed by atoms with van der Waals surface area (Å²) < 4.78 is 61.5. The van der Waals surface area contributed by atoms with Gasteiger partial charge in [0.15, 0.2) is 0 Å². The maximum absolute atomic E-state index is 14.8. The van der Waals surface area contributed by atoms with E-state index in [1.165, 1.54) is 0 Å². The molecule has 5 rings (SSSR count). The molecule has 5 aliphatic carbocycles. The van der Waals surface area contributed by atoms with Gasteiger partial charge in [-0.25, -0.2) is 8.78 Å². The summed E-state index contributed by atoms with van der Waals surface area (Å²) >= 11 is 0. The first-order chi connectivity index (χ1) is 20.1. The van der Waals surface area contributed by atoms with Crippen molar-refractivity contribution in [2.45, 2.75) is 141 Å². The van der Waals surface area contributed by atoms with Crippen LogP contribution < -0.4 is 0 Å². The minimum absolute atomic E-state index is 0.00512. The zero-order valence-corrected chi connectivity index (χ0v) is 27.2. The van der Waals surface area contributed by atoms with E-state index < -0.39 is 33.7 Å². The van der Waals surface area contributed by atoms with E-state index in [4.69, 9.17) is 0 Å². The Hall–Kier alpha value is -0.840. The van der Waals surface area contributed by atoms with Crippen molar-refractivity contribution in [3.63, 3.8) is 0 Å². The molecule has 0 bridgehead atoms. The van der Waals surface area contributed by atoms with E-state index in [1.807, 2.05) is 11.8 Å². The number of carbonyl (C=O) groups excluding carboxylic acids is 1.